The minimum atomic E-state index is -0.465. The number of nitrogens with zero attached hydrogens (tertiary/aromatic N) is 1. The average Bonchev–Trinajstić information content (AvgIpc) is 2.49. The third-order valence-electron chi connectivity index (χ3n) is 4.50. The summed E-state index contributed by atoms with van der Waals surface area (Å²) in [5, 5.41) is 0. The number of ether oxygens (including phenoxy) is 1. The Morgan fingerprint density at radius 2 is 2.14 bits per heavy atom. The molecule has 2 N–H and O–H groups in total. The van der Waals surface area contributed by atoms with Gasteiger partial charge in [0.2, 0.25) is 0 Å². The molecule has 0 bridgehead atoms. The Morgan fingerprint density at radius 1 is 1.38 bits per heavy atom. The first kappa shape index (κ1) is 14.3. The number of hydrogen-bond donors (Lipinski definition) is 1. The van der Waals surface area contributed by atoms with Crippen LogP contribution in [0.1, 0.15) is 41.6 Å². The Labute approximate surface area is 124 Å². The molecule has 21 heavy (non-hydrogen) atoms. The normalized spacial score (nSPS) is 25.5. The summed E-state index contributed by atoms with van der Waals surface area (Å²) in [5.74, 6) is -0.726. The molecule has 2 atom stereocenters. The van der Waals surface area contributed by atoms with E-state index < -0.39 is 5.82 Å². The number of carbonyl (C=O) groups is 1. The molecular weight excluding hydrogens is 271 g/mol. The maximum atomic E-state index is 14.3. The van der Waals surface area contributed by atoms with Gasteiger partial charge in [-0.2, -0.15) is 0 Å². The fraction of sp³-hybridized carbons (Fsp3) is 0.562. The van der Waals surface area contributed by atoms with Gasteiger partial charge in [0.15, 0.2) is 0 Å². The fourth-order valence-corrected chi connectivity index (χ4v) is 3.46. The van der Waals surface area contributed by atoms with Gasteiger partial charge in [0.1, 0.15) is 5.82 Å². The monoisotopic (exact) mass is 292 g/mol. The first-order valence-corrected chi connectivity index (χ1v) is 7.56. The summed E-state index contributed by atoms with van der Waals surface area (Å²) in [6.45, 7) is 2.67. The minimum absolute atomic E-state index is 0.0705. The van der Waals surface area contributed by atoms with Gasteiger partial charge in [-0.15, -0.1) is 0 Å². The van der Waals surface area contributed by atoms with Crippen molar-refractivity contribution < 1.29 is 13.9 Å². The standard InChI is InChI=1S/C16H21FN2O2/c1-10-8-11(18)9-12(15(10)17)16(20)19-6-7-21-14-5-3-2-4-13(14)19/h8-9,13-14H,2-7,18H2,1H3. The number of anilines is 1. The van der Waals surface area contributed by atoms with E-state index in [0.29, 0.717) is 24.4 Å². The maximum Gasteiger partial charge on any atom is 0.257 e. The van der Waals surface area contributed by atoms with Gasteiger partial charge in [-0.1, -0.05) is 12.8 Å². The van der Waals surface area contributed by atoms with Crippen LogP contribution in [-0.2, 0) is 4.74 Å². The van der Waals surface area contributed by atoms with Gasteiger partial charge in [0.25, 0.3) is 5.91 Å². The number of nitrogens with two attached hydrogens (primary N) is 1. The molecule has 0 aromatic heterocycles. The number of rotatable bonds is 1. The predicted octanol–water partition coefficient (Wildman–Crippen LogP) is 2.50. The molecule has 1 aromatic rings. The molecule has 1 saturated heterocycles. The Kier molecular flexibility index (Phi) is 3.85. The van der Waals surface area contributed by atoms with E-state index in [1.54, 1.807) is 17.9 Å². The topological polar surface area (TPSA) is 55.6 Å². The number of nitrogen functional groups attached to an aromatic ring is 1. The highest BCUT2D eigenvalue weighted by Crippen LogP contribution is 2.30. The number of hydrogen-bond acceptors (Lipinski definition) is 3. The number of halogens is 1. The van der Waals surface area contributed by atoms with E-state index in [-0.39, 0.29) is 23.6 Å². The Balaban J connectivity index is 1.90. The molecule has 1 aromatic carbocycles. The number of morpholine rings is 1. The molecule has 1 heterocycles. The summed E-state index contributed by atoms with van der Waals surface area (Å²) < 4.78 is 20.0. The van der Waals surface area contributed by atoms with Crippen molar-refractivity contribution in [3.05, 3.63) is 29.1 Å². The molecule has 0 spiro atoms. The van der Waals surface area contributed by atoms with E-state index in [4.69, 9.17) is 10.5 Å². The molecule has 2 unspecified atom stereocenters. The molecule has 2 fully saturated rings. The van der Waals surface area contributed by atoms with Crippen LogP contribution in [0.5, 0.6) is 0 Å². The van der Waals surface area contributed by atoms with Crippen LogP contribution in [0, 0.1) is 12.7 Å². The Morgan fingerprint density at radius 3 is 2.95 bits per heavy atom. The summed E-state index contributed by atoms with van der Waals surface area (Å²) in [6, 6.07) is 3.06. The summed E-state index contributed by atoms with van der Waals surface area (Å²) in [6.07, 6.45) is 4.23. The van der Waals surface area contributed by atoms with Crippen LogP contribution in [-0.4, -0.2) is 36.1 Å². The molecule has 114 valence electrons. The van der Waals surface area contributed by atoms with Gasteiger partial charge in [0, 0.05) is 12.2 Å². The zero-order valence-corrected chi connectivity index (χ0v) is 12.3. The number of aryl methyl sites for hydroxylation is 1. The number of carbonyl (C=O) groups excluding carboxylic acids is 1. The lowest BCUT2D eigenvalue weighted by Gasteiger charge is -2.43. The highest BCUT2D eigenvalue weighted by molar-refractivity contribution is 5.96. The lowest BCUT2D eigenvalue weighted by molar-refractivity contribution is -0.0753. The molecular formula is C16H21FN2O2. The second-order valence-corrected chi connectivity index (χ2v) is 5.96. The van der Waals surface area contributed by atoms with E-state index in [2.05, 4.69) is 0 Å². The van der Waals surface area contributed by atoms with Crippen molar-refractivity contribution in [1.29, 1.82) is 0 Å². The quantitative estimate of drug-likeness (QED) is 0.809. The van der Waals surface area contributed by atoms with Crippen LogP contribution in [0.2, 0.25) is 0 Å². The van der Waals surface area contributed by atoms with E-state index in [9.17, 15) is 9.18 Å². The summed E-state index contributed by atoms with van der Waals surface area (Å²) in [4.78, 5) is 14.5. The maximum absolute atomic E-state index is 14.3. The number of fused-ring (bicyclic) bond motifs is 1. The molecule has 3 rings (SSSR count). The smallest absolute Gasteiger partial charge is 0.257 e. The molecule has 4 nitrogen and oxygen atoms in total. The lowest BCUT2D eigenvalue weighted by atomic mass is 9.89. The lowest BCUT2D eigenvalue weighted by Crippen LogP contribution is -2.55. The first-order valence-electron chi connectivity index (χ1n) is 7.56. The molecule has 5 heteroatoms. The summed E-state index contributed by atoms with van der Waals surface area (Å²) >= 11 is 0. The van der Waals surface area contributed by atoms with Crippen LogP contribution in [0.4, 0.5) is 10.1 Å². The Hall–Kier alpha value is -1.62. The molecule has 1 aliphatic heterocycles. The van der Waals surface area contributed by atoms with Gasteiger partial charge in [-0.05, 0) is 37.5 Å². The zero-order valence-electron chi connectivity index (χ0n) is 12.3. The number of benzene rings is 1. The highest BCUT2D eigenvalue weighted by atomic mass is 19.1. The molecule has 1 amide bonds. The van der Waals surface area contributed by atoms with Crippen molar-refractivity contribution in [3.63, 3.8) is 0 Å². The molecule has 0 radical (unpaired) electrons. The van der Waals surface area contributed by atoms with Crippen molar-refractivity contribution >= 4 is 11.6 Å². The van der Waals surface area contributed by atoms with Crippen LogP contribution in [0.3, 0.4) is 0 Å². The van der Waals surface area contributed by atoms with Crippen LogP contribution >= 0.6 is 0 Å². The van der Waals surface area contributed by atoms with Gasteiger partial charge in [0.05, 0.1) is 24.3 Å². The largest absolute Gasteiger partial charge is 0.399 e. The SMILES string of the molecule is Cc1cc(N)cc(C(=O)N2CCOC3CCCCC32)c1F. The molecule has 1 saturated carbocycles. The predicted molar refractivity (Wildman–Crippen MR) is 78.6 cm³/mol. The zero-order chi connectivity index (χ0) is 15.0. The number of amides is 1. The fourth-order valence-electron chi connectivity index (χ4n) is 3.46. The highest BCUT2D eigenvalue weighted by Gasteiger charge is 2.37. The van der Waals surface area contributed by atoms with E-state index in [1.165, 1.54) is 6.07 Å². The first-order chi connectivity index (χ1) is 10.1. The molecule has 1 aliphatic carbocycles. The van der Waals surface area contributed by atoms with Crippen LogP contribution < -0.4 is 5.73 Å². The van der Waals surface area contributed by atoms with Crippen molar-refractivity contribution in [1.82, 2.24) is 4.90 Å². The van der Waals surface area contributed by atoms with Gasteiger partial charge in [-0.3, -0.25) is 4.79 Å². The average molecular weight is 292 g/mol. The summed E-state index contributed by atoms with van der Waals surface area (Å²) in [5.41, 5.74) is 6.68. The van der Waals surface area contributed by atoms with Crippen LogP contribution in [0.15, 0.2) is 12.1 Å². The third kappa shape index (κ3) is 2.62. The molecule has 2 aliphatic rings. The van der Waals surface area contributed by atoms with Gasteiger partial charge in [-0.25, -0.2) is 4.39 Å². The van der Waals surface area contributed by atoms with Crippen molar-refractivity contribution in [2.24, 2.45) is 0 Å². The van der Waals surface area contributed by atoms with Crippen molar-refractivity contribution in [2.75, 3.05) is 18.9 Å². The minimum Gasteiger partial charge on any atom is -0.399 e. The van der Waals surface area contributed by atoms with E-state index in [0.717, 1.165) is 25.7 Å². The second-order valence-electron chi connectivity index (χ2n) is 5.96. The van der Waals surface area contributed by atoms with Crippen LogP contribution in [0.25, 0.3) is 0 Å². The van der Waals surface area contributed by atoms with Gasteiger partial charge < -0.3 is 15.4 Å². The van der Waals surface area contributed by atoms with E-state index in [1.807, 2.05) is 0 Å². The Bertz CT molecular complexity index is 559. The van der Waals surface area contributed by atoms with Crippen molar-refractivity contribution in [3.8, 4) is 0 Å². The van der Waals surface area contributed by atoms with Gasteiger partial charge >= 0.3 is 0 Å². The van der Waals surface area contributed by atoms with Crippen molar-refractivity contribution in [2.45, 2.75) is 44.8 Å². The summed E-state index contributed by atoms with van der Waals surface area (Å²) in [7, 11) is 0. The third-order valence-corrected chi connectivity index (χ3v) is 4.50. The van der Waals surface area contributed by atoms with E-state index >= 15 is 0 Å². The second kappa shape index (κ2) is 5.64.